The van der Waals surface area contributed by atoms with E-state index in [2.05, 4.69) is 9.93 Å². The molecule has 10 heteroatoms. The predicted octanol–water partition coefficient (Wildman–Crippen LogP) is 4.97. The van der Waals surface area contributed by atoms with E-state index < -0.39 is 14.9 Å². The second-order valence-electron chi connectivity index (χ2n) is 6.49. The number of halogens is 1. The fourth-order valence-corrected chi connectivity index (χ4v) is 4.03. The molecule has 4 aromatic rings. The Bertz CT molecular complexity index is 1430. The van der Waals surface area contributed by atoms with Crippen LogP contribution in [-0.4, -0.2) is 19.6 Å². The van der Waals surface area contributed by atoms with Gasteiger partial charge in [0.2, 0.25) is 0 Å². The summed E-state index contributed by atoms with van der Waals surface area (Å²) in [6, 6.07) is 19.4. The molecule has 0 spiro atoms. The number of nitro groups is 1. The van der Waals surface area contributed by atoms with Crippen molar-refractivity contribution in [3.63, 3.8) is 0 Å². The molecule has 31 heavy (non-hydrogen) atoms. The van der Waals surface area contributed by atoms with Crippen molar-refractivity contribution >= 4 is 44.3 Å². The first-order valence-electron chi connectivity index (χ1n) is 8.91. The molecule has 3 aromatic carbocycles. The molecule has 0 saturated carbocycles. The van der Waals surface area contributed by atoms with Crippen LogP contribution in [-0.2, 0) is 10.0 Å². The third kappa shape index (κ3) is 4.42. The molecule has 0 bridgehead atoms. The average molecular weight is 456 g/mol. The lowest BCUT2D eigenvalue weighted by Gasteiger charge is -2.04. The summed E-state index contributed by atoms with van der Waals surface area (Å²) in [6.45, 7) is 0. The zero-order valence-electron chi connectivity index (χ0n) is 15.7. The standard InChI is InChI=1S/C21H14ClN3O5S/c22-20-12-16(25(26)27)6-9-19(20)21-10-7-17(30-21)13-23-24-31(28,29)18-8-5-14-3-1-2-4-15(14)11-18/h1-13,24H/b23-13-. The lowest BCUT2D eigenvalue weighted by Crippen LogP contribution is -2.18. The van der Waals surface area contributed by atoms with Gasteiger partial charge in [0.15, 0.2) is 0 Å². The van der Waals surface area contributed by atoms with E-state index in [9.17, 15) is 18.5 Å². The fraction of sp³-hybridized carbons (Fsp3) is 0. The maximum absolute atomic E-state index is 12.5. The van der Waals surface area contributed by atoms with Crippen LogP contribution in [0.4, 0.5) is 5.69 Å². The van der Waals surface area contributed by atoms with Crippen molar-refractivity contribution in [2.75, 3.05) is 0 Å². The predicted molar refractivity (Wildman–Crippen MR) is 118 cm³/mol. The van der Waals surface area contributed by atoms with E-state index in [4.69, 9.17) is 16.0 Å². The minimum atomic E-state index is -3.86. The molecular formula is C21H14ClN3O5S. The lowest BCUT2D eigenvalue weighted by atomic mass is 10.1. The molecule has 0 radical (unpaired) electrons. The fourth-order valence-electron chi connectivity index (χ4n) is 2.93. The van der Waals surface area contributed by atoms with E-state index in [0.717, 1.165) is 10.8 Å². The molecule has 0 saturated heterocycles. The maximum atomic E-state index is 12.5. The van der Waals surface area contributed by atoms with Crippen LogP contribution in [0.15, 0.2) is 87.2 Å². The smallest absolute Gasteiger partial charge is 0.276 e. The first-order chi connectivity index (χ1) is 14.8. The number of sulfonamides is 1. The van der Waals surface area contributed by atoms with Gasteiger partial charge in [-0.2, -0.15) is 18.4 Å². The average Bonchev–Trinajstić information content (AvgIpc) is 3.21. The summed E-state index contributed by atoms with van der Waals surface area (Å²) >= 11 is 6.10. The van der Waals surface area contributed by atoms with Crippen molar-refractivity contribution in [2.45, 2.75) is 4.90 Å². The second kappa shape index (κ2) is 8.21. The summed E-state index contributed by atoms with van der Waals surface area (Å²) < 4.78 is 30.6. The molecule has 0 aliphatic rings. The van der Waals surface area contributed by atoms with Crippen LogP contribution in [0.25, 0.3) is 22.1 Å². The molecule has 8 nitrogen and oxygen atoms in total. The minimum absolute atomic E-state index is 0.0844. The largest absolute Gasteiger partial charge is 0.455 e. The molecule has 1 N–H and O–H groups in total. The summed E-state index contributed by atoms with van der Waals surface area (Å²) in [5, 5.41) is 16.5. The Morgan fingerprint density at radius 2 is 1.77 bits per heavy atom. The first-order valence-corrected chi connectivity index (χ1v) is 10.8. The normalized spacial score (nSPS) is 11.8. The lowest BCUT2D eigenvalue weighted by molar-refractivity contribution is -0.384. The van der Waals surface area contributed by atoms with Crippen molar-refractivity contribution in [2.24, 2.45) is 5.10 Å². The number of non-ortho nitro benzene ring substituents is 1. The van der Waals surface area contributed by atoms with Crippen LogP contribution in [0, 0.1) is 10.1 Å². The number of hydrogen-bond donors (Lipinski definition) is 1. The maximum Gasteiger partial charge on any atom is 0.276 e. The molecule has 0 unspecified atom stereocenters. The van der Waals surface area contributed by atoms with Crippen molar-refractivity contribution in [1.82, 2.24) is 4.83 Å². The Labute approximate surface area is 182 Å². The van der Waals surface area contributed by atoms with Gasteiger partial charge in [0.1, 0.15) is 11.5 Å². The van der Waals surface area contributed by atoms with E-state index in [1.165, 1.54) is 30.5 Å². The van der Waals surface area contributed by atoms with Crippen LogP contribution in [0.5, 0.6) is 0 Å². The Balaban J connectivity index is 1.50. The zero-order chi connectivity index (χ0) is 22.0. The number of nitro benzene ring substituents is 1. The van der Waals surface area contributed by atoms with Gasteiger partial charge in [-0.1, -0.05) is 41.9 Å². The highest BCUT2D eigenvalue weighted by atomic mass is 35.5. The Kier molecular flexibility index (Phi) is 5.45. The van der Waals surface area contributed by atoms with Crippen LogP contribution in [0.1, 0.15) is 5.76 Å². The highest BCUT2D eigenvalue weighted by molar-refractivity contribution is 7.89. The zero-order valence-corrected chi connectivity index (χ0v) is 17.3. The van der Waals surface area contributed by atoms with Gasteiger partial charge in [0, 0.05) is 17.7 Å². The van der Waals surface area contributed by atoms with E-state index in [1.807, 2.05) is 24.3 Å². The summed E-state index contributed by atoms with van der Waals surface area (Å²) in [6.07, 6.45) is 1.21. The molecule has 0 aliphatic heterocycles. The molecule has 0 fully saturated rings. The number of furan rings is 1. The molecule has 156 valence electrons. The van der Waals surface area contributed by atoms with Crippen molar-refractivity contribution in [1.29, 1.82) is 0 Å². The monoisotopic (exact) mass is 455 g/mol. The summed E-state index contributed by atoms with van der Waals surface area (Å²) in [5.41, 5.74) is 0.328. The third-order valence-electron chi connectivity index (χ3n) is 4.45. The second-order valence-corrected chi connectivity index (χ2v) is 8.55. The number of fused-ring (bicyclic) bond motifs is 1. The van der Waals surface area contributed by atoms with Gasteiger partial charge < -0.3 is 4.42 Å². The Morgan fingerprint density at radius 3 is 2.52 bits per heavy atom. The number of rotatable bonds is 6. The summed E-state index contributed by atoms with van der Waals surface area (Å²) in [4.78, 5) is 12.5. The number of nitrogens with one attached hydrogen (secondary N) is 1. The topological polar surface area (TPSA) is 115 Å². The molecule has 0 aliphatic carbocycles. The van der Waals surface area contributed by atoms with Gasteiger partial charge in [0.25, 0.3) is 15.7 Å². The number of hydrogen-bond acceptors (Lipinski definition) is 6. The highest BCUT2D eigenvalue weighted by Gasteiger charge is 2.15. The van der Waals surface area contributed by atoms with Crippen LogP contribution >= 0.6 is 11.6 Å². The Morgan fingerprint density at radius 1 is 1.00 bits per heavy atom. The summed E-state index contributed by atoms with van der Waals surface area (Å²) in [5.74, 6) is 0.629. The number of nitrogens with zero attached hydrogens (tertiary/aromatic N) is 2. The van der Waals surface area contributed by atoms with Crippen LogP contribution in [0.3, 0.4) is 0 Å². The molecule has 4 rings (SSSR count). The summed E-state index contributed by atoms with van der Waals surface area (Å²) in [7, 11) is -3.86. The molecule has 0 atom stereocenters. The van der Waals surface area contributed by atoms with E-state index in [0.29, 0.717) is 11.3 Å². The van der Waals surface area contributed by atoms with Gasteiger partial charge in [-0.05, 0) is 41.1 Å². The van der Waals surface area contributed by atoms with Crippen molar-refractivity contribution in [3.8, 4) is 11.3 Å². The van der Waals surface area contributed by atoms with Crippen molar-refractivity contribution in [3.05, 3.63) is 93.7 Å². The van der Waals surface area contributed by atoms with Gasteiger partial charge in [0.05, 0.1) is 21.1 Å². The number of hydrazone groups is 1. The first kappa shape index (κ1) is 20.6. The van der Waals surface area contributed by atoms with Gasteiger partial charge in [-0.15, -0.1) is 0 Å². The van der Waals surface area contributed by atoms with Gasteiger partial charge >= 0.3 is 0 Å². The van der Waals surface area contributed by atoms with E-state index in [-0.39, 0.29) is 21.4 Å². The van der Waals surface area contributed by atoms with Gasteiger partial charge in [-0.25, -0.2) is 0 Å². The molecular weight excluding hydrogens is 442 g/mol. The minimum Gasteiger partial charge on any atom is -0.455 e. The number of benzene rings is 3. The van der Waals surface area contributed by atoms with Gasteiger partial charge in [-0.3, -0.25) is 10.1 Å². The molecule has 1 aromatic heterocycles. The highest BCUT2D eigenvalue weighted by Crippen LogP contribution is 2.32. The quantitative estimate of drug-likeness (QED) is 0.250. The van der Waals surface area contributed by atoms with Crippen LogP contribution in [0.2, 0.25) is 5.02 Å². The van der Waals surface area contributed by atoms with Crippen LogP contribution < -0.4 is 4.83 Å². The Hall–Kier alpha value is -3.69. The van der Waals surface area contributed by atoms with E-state index in [1.54, 1.807) is 24.3 Å². The SMILES string of the molecule is O=[N+]([O-])c1ccc(-c2ccc(/C=N\NS(=O)(=O)c3ccc4ccccc4c3)o2)c(Cl)c1. The van der Waals surface area contributed by atoms with Crippen molar-refractivity contribution < 1.29 is 17.8 Å². The third-order valence-corrected chi connectivity index (χ3v) is 5.98. The molecule has 1 heterocycles. The van der Waals surface area contributed by atoms with E-state index >= 15 is 0 Å². The molecule has 0 amide bonds.